The quantitative estimate of drug-likeness (QED) is 0.0796. The Kier molecular flexibility index (Phi) is 23.8. The average molecular weight is 1070 g/mol. The summed E-state index contributed by atoms with van der Waals surface area (Å²) in [5.74, 6) is -9.31. The highest BCUT2D eigenvalue weighted by Crippen LogP contribution is 2.26. The van der Waals surface area contributed by atoms with Crippen molar-refractivity contribution in [3.63, 3.8) is 0 Å². The van der Waals surface area contributed by atoms with Crippen molar-refractivity contribution in [3.05, 3.63) is 77.9 Å². The van der Waals surface area contributed by atoms with Crippen molar-refractivity contribution in [2.45, 2.75) is 141 Å². The summed E-state index contributed by atoms with van der Waals surface area (Å²) in [6.45, 7) is 11.5. The molecule has 0 aliphatic carbocycles. The number of amides is 6. The largest absolute Gasteiger partial charge is 0.487 e. The highest BCUT2D eigenvalue weighted by Gasteiger charge is 2.42. The number of carbonyl (C=O) groups is 8. The first-order valence-corrected chi connectivity index (χ1v) is 25.8. The van der Waals surface area contributed by atoms with E-state index < -0.39 is 139 Å². The van der Waals surface area contributed by atoms with Gasteiger partial charge >= 0.3 is 11.9 Å². The first kappa shape index (κ1) is 62.0. The van der Waals surface area contributed by atoms with E-state index in [0.717, 1.165) is 11.0 Å². The number of cyclic esters (lactones) is 1. The zero-order valence-electron chi connectivity index (χ0n) is 44.9. The molecular weight excluding hydrogens is 987 g/mol. The third kappa shape index (κ3) is 17.5. The van der Waals surface area contributed by atoms with E-state index in [9.17, 15) is 48.9 Å². The summed E-state index contributed by atoms with van der Waals surface area (Å²) in [7, 11) is 1.36. The molecule has 0 spiro atoms. The lowest BCUT2D eigenvalue weighted by Crippen LogP contribution is -2.63. The molecule has 5 rings (SSSR count). The van der Waals surface area contributed by atoms with Crippen LogP contribution in [0.5, 0.6) is 5.75 Å². The van der Waals surface area contributed by atoms with Crippen LogP contribution in [0.2, 0.25) is 0 Å². The Bertz CT molecular complexity index is 2320. The van der Waals surface area contributed by atoms with Crippen LogP contribution in [0.15, 0.2) is 66.7 Å². The Morgan fingerprint density at radius 1 is 0.895 bits per heavy atom. The van der Waals surface area contributed by atoms with Crippen LogP contribution in [0, 0.1) is 17.8 Å². The van der Waals surface area contributed by atoms with E-state index >= 15 is 4.79 Å². The van der Waals surface area contributed by atoms with Crippen molar-refractivity contribution in [2.75, 3.05) is 39.8 Å². The lowest BCUT2D eigenvalue weighted by molar-refractivity contribution is -0.159. The number of hydrogen-bond donors (Lipinski definition) is 11. The third-order valence-electron chi connectivity index (χ3n) is 13.7. The minimum Gasteiger partial charge on any atom is -0.487 e. The molecule has 0 radical (unpaired) electrons. The Morgan fingerprint density at radius 3 is 2.18 bits per heavy atom. The van der Waals surface area contributed by atoms with Gasteiger partial charge in [-0.1, -0.05) is 83.5 Å². The topological polar surface area (TPSA) is 338 Å². The summed E-state index contributed by atoms with van der Waals surface area (Å²) in [6.07, 6.45) is -3.85. The zero-order chi connectivity index (χ0) is 56.4. The Labute approximate surface area is 444 Å². The highest BCUT2D eigenvalue weighted by molar-refractivity contribution is 5.97. The number of nitrogens with two attached hydrogens (primary N) is 1. The molecule has 12 N–H and O–H groups in total. The number of carbonyl (C=O) groups excluding carboxylic acids is 8. The lowest BCUT2D eigenvalue weighted by atomic mass is 9.93. The van der Waals surface area contributed by atoms with Gasteiger partial charge in [-0.15, -0.1) is 0 Å². The summed E-state index contributed by atoms with van der Waals surface area (Å²) in [6, 6.07) is 6.84. The van der Waals surface area contributed by atoms with E-state index in [0.29, 0.717) is 31.5 Å². The number of likely N-dealkylation sites (N-methyl/N-ethyl adjacent to an activating group) is 1. The van der Waals surface area contributed by atoms with Crippen molar-refractivity contribution in [1.29, 1.82) is 0 Å². The molecule has 1 fully saturated rings. The summed E-state index contributed by atoms with van der Waals surface area (Å²) in [4.78, 5) is 115. The van der Waals surface area contributed by atoms with Crippen molar-refractivity contribution >= 4 is 47.4 Å². The van der Waals surface area contributed by atoms with E-state index in [-0.39, 0.29) is 30.2 Å². The average Bonchev–Trinajstić information content (AvgIpc) is 3.39. The van der Waals surface area contributed by atoms with Crippen LogP contribution >= 0.6 is 0 Å². The lowest BCUT2D eigenvalue weighted by Gasteiger charge is -2.35. The minimum atomic E-state index is -1.85. The Morgan fingerprint density at radius 2 is 1.57 bits per heavy atom. The fourth-order valence-corrected chi connectivity index (χ4v) is 8.33. The molecule has 23 nitrogen and oxygen atoms in total. The molecule has 76 heavy (non-hydrogen) atoms. The van der Waals surface area contributed by atoms with Crippen LogP contribution in [-0.4, -0.2) is 168 Å². The first-order chi connectivity index (χ1) is 35.9. The van der Waals surface area contributed by atoms with Crippen molar-refractivity contribution in [2.24, 2.45) is 23.5 Å². The number of hydrogen-bond acceptors (Lipinski definition) is 17. The molecule has 2 aromatic rings. The highest BCUT2D eigenvalue weighted by atomic mass is 16.6. The Hall–Kier alpha value is -6.50. The molecule has 3 aliphatic rings. The molecule has 420 valence electrons. The predicted molar refractivity (Wildman–Crippen MR) is 278 cm³/mol. The molecule has 4 bridgehead atoms. The van der Waals surface area contributed by atoms with Gasteiger partial charge in [0.1, 0.15) is 73.1 Å². The smallest absolute Gasteiger partial charge is 0.327 e. The number of aliphatic hydroxyl groups is 3. The van der Waals surface area contributed by atoms with Gasteiger partial charge in [0, 0.05) is 26.1 Å². The molecule has 0 saturated carbocycles. The van der Waals surface area contributed by atoms with Gasteiger partial charge < -0.3 is 72.1 Å². The summed E-state index contributed by atoms with van der Waals surface area (Å²) >= 11 is 0. The van der Waals surface area contributed by atoms with Gasteiger partial charge in [0.05, 0.1) is 18.1 Å². The fraction of sp³-hybridized carbons (Fsp3) is 0.585. The van der Waals surface area contributed by atoms with Crippen molar-refractivity contribution in [3.8, 4) is 5.75 Å². The number of nitrogens with one attached hydrogen (secondary N) is 7. The predicted octanol–water partition coefficient (Wildman–Crippen LogP) is -1.03. The maximum Gasteiger partial charge on any atom is 0.327 e. The molecule has 2 aromatic carbocycles. The van der Waals surface area contributed by atoms with E-state index in [4.69, 9.17) is 19.9 Å². The van der Waals surface area contributed by atoms with Gasteiger partial charge in [0.25, 0.3) is 0 Å². The fourth-order valence-electron chi connectivity index (χ4n) is 8.33. The number of nitrogens with zero attached hydrogens (tertiary/aromatic N) is 1. The summed E-state index contributed by atoms with van der Waals surface area (Å²) < 4.78 is 17.5. The van der Waals surface area contributed by atoms with E-state index in [1.807, 2.05) is 0 Å². The molecule has 13 atom stereocenters. The molecule has 1 unspecified atom stereocenters. The zero-order valence-corrected chi connectivity index (χ0v) is 44.9. The number of benzene rings is 2. The van der Waals surface area contributed by atoms with Crippen LogP contribution < -0.4 is 47.7 Å². The van der Waals surface area contributed by atoms with Crippen molar-refractivity contribution in [1.82, 2.24) is 42.1 Å². The number of ether oxygens (including phenoxy) is 3. The number of esters is 2. The number of aliphatic hydroxyl groups excluding tert-OH is 2. The van der Waals surface area contributed by atoms with Crippen LogP contribution in [0.4, 0.5) is 0 Å². The second-order valence-electron chi connectivity index (χ2n) is 19.9. The summed E-state index contributed by atoms with van der Waals surface area (Å²) in [5, 5.41) is 53.0. The van der Waals surface area contributed by atoms with Crippen LogP contribution in [0.1, 0.15) is 85.4 Å². The van der Waals surface area contributed by atoms with Crippen LogP contribution in [0.3, 0.4) is 0 Å². The first-order valence-electron chi connectivity index (χ1n) is 25.8. The Balaban J connectivity index is 2.00. The van der Waals surface area contributed by atoms with Gasteiger partial charge in [-0.25, -0.2) is 0 Å². The molecule has 6 amide bonds. The van der Waals surface area contributed by atoms with Gasteiger partial charge in [0.15, 0.2) is 0 Å². The van der Waals surface area contributed by atoms with E-state index in [1.54, 1.807) is 65.0 Å². The third-order valence-corrected chi connectivity index (χ3v) is 13.7. The van der Waals surface area contributed by atoms with E-state index in [2.05, 4.69) is 37.2 Å². The van der Waals surface area contributed by atoms with Gasteiger partial charge in [-0.05, 0) is 81.5 Å². The molecular formula is C53H79N9O14. The second kappa shape index (κ2) is 29.1. The van der Waals surface area contributed by atoms with Gasteiger partial charge in [0.2, 0.25) is 35.4 Å². The van der Waals surface area contributed by atoms with Crippen molar-refractivity contribution < 1.29 is 67.9 Å². The van der Waals surface area contributed by atoms with Gasteiger partial charge in [-0.2, -0.15) is 0 Å². The monoisotopic (exact) mass is 1070 g/mol. The number of fused-ring (bicyclic) bond motifs is 11. The molecule has 3 aliphatic heterocycles. The SMILES string of the molecule is CC[C@H](C)C1NC(=O)[C@@H](NC(=O)[C@H](C)[C@H](O)C(C)C)[C@@H](C)OC(=O)[C@@H]2COC(=O)CNC(=O)/C=C/[C@](O)(CNCCCN)[C@@H](C)Oc3ccc(cc3)[C@H](NC1=O)C(=O)N(C)[C@@H](Cc1ccccc1)C(=O)N[C@H]([C@@H](C)O)N2. The molecule has 0 aromatic heterocycles. The van der Waals surface area contributed by atoms with Crippen LogP contribution in [0.25, 0.3) is 0 Å². The minimum absolute atomic E-state index is 0.0942. The maximum atomic E-state index is 15.2. The molecule has 3 heterocycles. The molecule has 1 saturated heterocycles. The number of rotatable bonds is 14. The summed E-state index contributed by atoms with van der Waals surface area (Å²) in [5.41, 5.74) is 4.63. The normalized spacial score (nSPS) is 28.0. The van der Waals surface area contributed by atoms with Gasteiger partial charge in [-0.3, -0.25) is 43.7 Å². The maximum absolute atomic E-state index is 15.2. The van der Waals surface area contributed by atoms with Crippen LogP contribution in [-0.2, 0) is 54.3 Å². The molecule has 23 heteroatoms. The van der Waals surface area contributed by atoms with E-state index in [1.165, 1.54) is 58.2 Å². The second-order valence-corrected chi connectivity index (χ2v) is 19.9. The standard InChI is InChI=1S/C53H79N9O14/c1-10-30(4)42-49(69)60-44-36-17-19-37(20-18-36)76-34(8)53(73,28-55-24-14-23-54)22-21-40(64)56-26-41(65)74-27-38(52(72)75-33(7)43(50(70)58-42)59-47(67)31(5)45(66)29(2)3)57-46(32(6)63)61-48(68)39(62(9)51(44)71)25-35-15-12-11-13-16-35/h11-13,15-22,29-34,38-39,42-46,55,57,63,66,73H,10,14,23-28,54H2,1-9H3,(H,56,64)(H,58,70)(H,59,67)(H,60,69)(H,61,68)/b22-21+/t30-,31+,32+,33+,34+,38-,39-,42?,43-,44-,45+,46+,53-/m0/s1.